The van der Waals surface area contributed by atoms with Gasteiger partial charge in [0.05, 0.1) is 5.56 Å². The lowest BCUT2D eigenvalue weighted by Crippen LogP contribution is -2.40. The molecule has 5 nitrogen and oxygen atoms in total. The highest BCUT2D eigenvalue weighted by atomic mass is 16.5. The number of carboxylic acid groups (broad SMARTS) is 1. The molecular formula is C19H21NO4. The van der Waals surface area contributed by atoms with Crippen LogP contribution in [0.1, 0.15) is 28.4 Å². The molecule has 2 aromatic rings. The average Bonchev–Trinajstić information content (AvgIpc) is 2.59. The molecule has 24 heavy (non-hydrogen) atoms. The standard InChI is InChI=1S/C19H21NO4/c1-13-8-4-5-9-15(13)12-24-17-11-7-6-10-16(17)18(21)20(3)14(2)19(22)23/h4-11,14H,12H2,1-3H3,(H,22,23). The van der Waals surface area contributed by atoms with Crippen molar-refractivity contribution in [2.75, 3.05) is 7.05 Å². The summed E-state index contributed by atoms with van der Waals surface area (Å²) in [5.74, 6) is -0.996. The number of hydrogen-bond donors (Lipinski definition) is 1. The SMILES string of the molecule is Cc1ccccc1COc1ccccc1C(=O)N(C)C(C)C(=O)O. The van der Waals surface area contributed by atoms with Crippen molar-refractivity contribution in [3.63, 3.8) is 0 Å². The van der Waals surface area contributed by atoms with E-state index in [1.165, 1.54) is 18.9 Å². The summed E-state index contributed by atoms with van der Waals surface area (Å²) >= 11 is 0. The molecular weight excluding hydrogens is 306 g/mol. The van der Waals surface area contributed by atoms with Crippen LogP contribution in [-0.4, -0.2) is 35.0 Å². The molecule has 0 saturated heterocycles. The summed E-state index contributed by atoms with van der Waals surface area (Å²) in [7, 11) is 1.47. The van der Waals surface area contributed by atoms with E-state index in [1.54, 1.807) is 24.3 Å². The van der Waals surface area contributed by atoms with E-state index >= 15 is 0 Å². The van der Waals surface area contributed by atoms with Gasteiger partial charge in [0.15, 0.2) is 0 Å². The van der Waals surface area contributed by atoms with Crippen molar-refractivity contribution in [3.05, 3.63) is 65.2 Å². The van der Waals surface area contributed by atoms with Crippen LogP contribution in [0.5, 0.6) is 5.75 Å². The molecule has 2 aromatic carbocycles. The molecule has 126 valence electrons. The van der Waals surface area contributed by atoms with Crippen LogP contribution in [0.3, 0.4) is 0 Å². The summed E-state index contributed by atoms with van der Waals surface area (Å²) in [6.45, 7) is 3.81. The Labute approximate surface area is 141 Å². The number of amides is 1. The van der Waals surface area contributed by atoms with Crippen LogP contribution in [0.25, 0.3) is 0 Å². The van der Waals surface area contributed by atoms with Gasteiger partial charge in [0.1, 0.15) is 18.4 Å². The predicted molar refractivity (Wildman–Crippen MR) is 91.1 cm³/mol. The number of carbonyl (C=O) groups is 2. The molecule has 5 heteroatoms. The first-order chi connectivity index (χ1) is 11.4. The van der Waals surface area contributed by atoms with E-state index < -0.39 is 12.0 Å². The minimum absolute atomic E-state index is 0.342. The second kappa shape index (κ2) is 7.64. The Bertz CT molecular complexity index is 742. The van der Waals surface area contributed by atoms with Crippen LogP contribution < -0.4 is 4.74 Å². The summed E-state index contributed by atoms with van der Waals surface area (Å²) in [6, 6.07) is 13.8. The summed E-state index contributed by atoms with van der Waals surface area (Å²) in [4.78, 5) is 24.8. The fraction of sp³-hybridized carbons (Fsp3) is 0.263. The van der Waals surface area contributed by atoms with Gasteiger partial charge in [-0.1, -0.05) is 36.4 Å². The van der Waals surface area contributed by atoms with E-state index in [9.17, 15) is 9.59 Å². The average molecular weight is 327 g/mol. The molecule has 0 aliphatic rings. The quantitative estimate of drug-likeness (QED) is 0.885. The van der Waals surface area contributed by atoms with Gasteiger partial charge < -0.3 is 14.7 Å². The van der Waals surface area contributed by atoms with Crippen LogP contribution in [0, 0.1) is 6.92 Å². The maximum atomic E-state index is 12.6. The molecule has 2 rings (SSSR count). The number of carbonyl (C=O) groups excluding carboxylic acids is 1. The van der Waals surface area contributed by atoms with Crippen molar-refractivity contribution in [1.82, 2.24) is 4.90 Å². The van der Waals surface area contributed by atoms with Crippen molar-refractivity contribution < 1.29 is 19.4 Å². The van der Waals surface area contributed by atoms with Gasteiger partial charge in [0.25, 0.3) is 5.91 Å². The summed E-state index contributed by atoms with van der Waals surface area (Å²) in [5, 5.41) is 9.07. The van der Waals surface area contributed by atoms with Crippen molar-refractivity contribution in [3.8, 4) is 5.75 Å². The Morgan fingerprint density at radius 2 is 1.75 bits per heavy atom. The molecule has 0 saturated carbocycles. The monoisotopic (exact) mass is 327 g/mol. The number of ether oxygens (including phenoxy) is 1. The minimum atomic E-state index is -1.05. The van der Waals surface area contributed by atoms with Gasteiger partial charge >= 0.3 is 5.97 Å². The normalized spacial score (nSPS) is 11.6. The topological polar surface area (TPSA) is 66.8 Å². The third-order valence-electron chi connectivity index (χ3n) is 4.02. The summed E-state index contributed by atoms with van der Waals surface area (Å²) < 4.78 is 5.82. The van der Waals surface area contributed by atoms with E-state index in [1.807, 2.05) is 31.2 Å². The first-order valence-electron chi connectivity index (χ1n) is 7.68. The smallest absolute Gasteiger partial charge is 0.326 e. The second-order valence-electron chi connectivity index (χ2n) is 5.64. The largest absolute Gasteiger partial charge is 0.488 e. The fourth-order valence-corrected chi connectivity index (χ4v) is 2.23. The molecule has 1 unspecified atom stereocenters. The van der Waals surface area contributed by atoms with Crippen molar-refractivity contribution >= 4 is 11.9 Å². The second-order valence-corrected chi connectivity index (χ2v) is 5.64. The molecule has 0 aliphatic heterocycles. The van der Waals surface area contributed by atoms with Gasteiger partial charge in [-0.05, 0) is 37.1 Å². The molecule has 1 amide bonds. The van der Waals surface area contributed by atoms with Crippen LogP contribution in [0.4, 0.5) is 0 Å². The van der Waals surface area contributed by atoms with E-state index in [4.69, 9.17) is 9.84 Å². The third kappa shape index (κ3) is 3.93. The van der Waals surface area contributed by atoms with Crippen molar-refractivity contribution in [1.29, 1.82) is 0 Å². The van der Waals surface area contributed by atoms with Gasteiger partial charge in [0.2, 0.25) is 0 Å². The zero-order valence-corrected chi connectivity index (χ0v) is 14.0. The number of hydrogen-bond acceptors (Lipinski definition) is 3. The molecule has 0 heterocycles. The number of aryl methyl sites for hydroxylation is 1. The molecule has 0 aromatic heterocycles. The molecule has 0 aliphatic carbocycles. The lowest BCUT2D eigenvalue weighted by atomic mass is 10.1. The summed E-state index contributed by atoms with van der Waals surface area (Å²) in [5.41, 5.74) is 2.49. The molecule has 1 N–H and O–H groups in total. The van der Waals surface area contributed by atoms with Crippen LogP contribution >= 0.6 is 0 Å². The zero-order valence-electron chi connectivity index (χ0n) is 14.0. The Balaban J connectivity index is 2.20. The maximum absolute atomic E-state index is 12.6. The molecule has 0 fully saturated rings. The molecule has 1 atom stereocenters. The molecule has 0 bridgehead atoms. The number of likely N-dealkylation sites (N-methyl/N-ethyl adjacent to an activating group) is 1. The predicted octanol–water partition coefficient (Wildman–Crippen LogP) is 3.12. The lowest BCUT2D eigenvalue weighted by Gasteiger charge is -2.22. The van der Waals surface area contributed by atoms with Crippen LogP contribution in [0.2, 0.25) is 0 Å². The summed E-state index contributed by atoms with van der Waals surface area (Å²) in [6.07, 6.45) is 0. The Kier molecular flexibility index (Phi) is 5.58. The maximum Gasteiger partial charge on any atom is 0.326 e. The highest BCUT2D eigenvalue weighted by Gasteiger charge is 2.24. The first kappa shape index (κ1) is 17.5. The van der Waals surface area contributed by atoms with Gasteiger partial charge in [0, 0.05) is 7.05 Å². The number of rotatable bonds is 6. The number of para-hydroxylation sites is 1. The Hall–Kier alpha value is -2.82. The Morgan fingerprint density at radius 3 is 2.42 bits per heavy atom. The minimum Gasteiger partial charge on any atom is -0.488 e. The third-order valence-corrected chi connectivity index (χ3v) is 4.02. The number of nitrogens with zero attached hydrogens (tertiary/aromatic N) is 1. The molecule has 0 spiro atoms. The van der Waals surface area contributed by atoms with Crippen LogP contribution in [0.15, 0.2) is 48.5 Å². The van der Waals surface area contributed by atoms with Crippen LogP contribution in [-0.2, 0) is 11.4 Å². The van der Waals surface area contributed by atoms with Gasteiger partial charge in [-0.15, -0.1) is 0 Å². The van der Waals surface area contributed by atoms with Gasteiger partial charge in [-0.2, -0.15) is 0 Å². The Morgan fingerprint density at radius 1 is 1.12 bits per heavy atom. The highest BCUT2D eigenvalue weighted by molar-refractivity contribution is 5.98. The van der Waals surface area contributed by atoms with Crippen molar-refractivity contribution in [2.24, 2.45) is 0 Å². The van der Waals surface area contributed by atoms with E-state index in [0.29, 0.717) is 17.9 Å². The molecule has 0 radical (unpaired) electrons. The first-order valence-corrected chi connectivity index (χ1v) is 7.68. The van der Waals surface area contributed by atoms with Gasteiger partial charge in [-0.25, -0.2) is 4.79 Å². The zero-order chi connectivity index (χ0) is 17.7. The van der Waals surface area contributed by atoms with E-state index in [2.05, 4.69) is 0 Å². The highest BCUT2D eigenvalue weighted by Crippen LogP contribution is 2.22. The number of carboxylic acids is 1. The van der Waals surface area contributed by atoms with E-state index in [-0.39, 0.29) is 5.91 Å². The van der Waals surface area contributed by atoms with E-state index in [0.717, 1.165) is 11.1 Å². The number of aliphatic carboxylic acids is 1. The van der Waals surface area contributed by atoms with Gasteiger partial charge in [-0.3, -0.25) is 4.79 Å². The fourth-order valence-electron chi connectivity index (χ4n) is 2.23. The number of benzene rings is 2. The van der Waals surface area contributed by atoms with Crippen molar-refractivity contribution in [2.45, 2.75) is 26.5 Å². The lowest BCUT2D eigenvalue weighted by molar-refractivity contribution is -0.141.